The predicted molar refractivity (Wildman–Crippen MR) is 122 cm³/mol. The van der Waals surface area contributed by atoms with Gasteiger partial charge in [-0.05, 0) is 36.2 Å². The van der Waals surface area contributed by atoms with Crippen LogP contribution in [0.5, 0.6) is 0 Å². The molecular weight excluding hydrogens is 411 g/mol. The first kappa shape index (κ1) is 23.1. The number of benzene rings is 2. The number of nitrogens with two attached hydrogens (primary N) is 1. The quantitative estimate of drug-likeness (QED) is 0.527. The fourth-order valence-electron chi connectivity index (χ4n) is 3.78. The molecule has 1 atom stereocenters. The number of carbonyl (C=O) groups is 1. The molecule has 1 aromatic heterocycles. The van der Waals surface area contributed by atoms with Gasteiger partial charge in [0.25, 0.3) is 5.56 Å². The Hall–Kier alpha value is -3.52. The van der Waals surface area contributed by atoms with Crippen molar-refractivity contribution in [3.05, 3.63) is 97.9 Å². The molecule has 1 unspecified atom stereocenters. The van der Waals surface area contributed by atoms with Gasteiger partial charge in [0.15, 0.2) is 5.78 Å². The van der Waals surface area contributed by atoms with Gasteiger partial charge in [0.1, 0.15) is 17.2 Å². The van der Waals surface area contributed by atoms with Crippen LogP contribution in [-0.4, -0.2) is 33.8 Å². The third kappa shape index (κ3) is 5.03. The molecule has 7 nitrogen and oxygen atoms in total. The Morgan fingerprint density at radius 2 is 1.66 bits per heavy atom. The lowest BCUT2D eigenvalue weighted by Crippen LogP contribution is -2.39. The Labute approximate surface area is 185 Å². The molecule has 3 aromatic rings. The molecule has 0 radical (unpaired) electrons. The van der Waals surface area contributed by atoms with Crippen LogP contribution in [0.3, 0.4) is 0 Å². The van der Waals surface area contributed by atoms with Gasteiger partial charge in [-0.1, -0.05) is 56.3 Å². The minimum Gasteiger partial charge on any atom is -0.384 e. The number of anilines is 1. The molecule has 2 aromatic carbocycles. The van der Waals surface area contributed by atoms with Gasteiger partial charge in [-0.25, -0.2) is 9.18 Å². The van der Waals surface area contributed by atoms with Gasteiger partial charge in [0.2, 0.25) is 0 Å². The molecule has 8 heteroatoms. The Balaban J connectivity index is 1.97. The van der Waals surface area contributed by atoms with Crippen LogP contribution in [0.4, 0.5) is 10.2 Å². The highest BCUT2D eigenvalue weighted by Crippen LogP contribution is 2.28. The summed E-state index contributed by atoms with van der Waals surface area (Å²) in [5.41, 5.74) is 6.11. The maximum absolute atomic E-state index is 13.5. The van der Waals surface area contributed by atoms with Crippen LogP contribution in [0.1, 0.15) is 41.4 Å². The summed E-state index contributed by atoms with van der Waals surface area (Å²) in [4.78, 5) is 41.7. The van der Waals surface area contributed by atoms with Crippen molar-refractivity contribution in [1.82, 2.24) is 14.5 Å². The second-order valence-electron chi connectivity index (χ2n) is 8.23. The minimum atomic E-state index is -0.802. The average Bonchev–Trinajstić information content (AvgIpc) is 2.73. The van der Waals surface area contributed by atoms with Crippen molar-refractivity contribution in [2.45, 2.75) is 26.4 Å². The number of nitrogens with one attached hydrogen (secondary N) is 1. The Morgan fingerprint density at radius 3 is 2.25 bits per heavy atom. The van der Waals surface area contributed by atoms with E-state index in [0.717, 1.165) is 11.1 Å². The lowest BCUT2D eigenvalue weighted by Gasteiger charge is -2.28. The van der Waals surface area contributed by atoms with Gasteiger partial charge in [-0.15, -0.1) is 0 Å². The van der Waals surface area contributed by atoms with Crippen molar-refractivity contribution in [3.8, 4) is 0 Å². The highest BCUT2D eigenvalue weighted by Gasteiger charge is 2.25. The number of H-pyrrole nitrogens is 1. The van der Waals surface area contributed by atoms with E-state index in [1.54, 1.807) is 24.1 Å². The van der Waals surface area contributed by atoms with E-state index in [-0.39, 0.29) is 42.2 Å². The molecule has 32 heavy (non-hydrogen) atoms. The van der Waals surface area contributed by atoms with Crippen LogP contribution in [0, 0.1) is 11.7 Å². The first-order valence-electron chi connectivity index (χ1n) is 10.4. The molecule has 0 spiro atoms. The Bertz CT molecular complexity index is 1200. The SMILES string of the molecule is CC(C)Cn1c(N)c(C(=O)CN(C)C(c2ccccc2)c2ccc(F)cc2)c(=O)[nH]c1=O. The number of ketones is 1. The fraction of sp³-hybridized carbons (Fsp3) is 0.292. The smallest absolute Gasteiger partial charge is 0.329 e. The van der Waals surface area contributed by atoms with E-state index >= 15 is 0 Å². The van der Waals surface area contributed by atoms with Crippen molar-refractivity contribution >= 4 is 11.6 Å². The first-order chi connectivity index (χ1) is 15.2. The molecule has 0 aliphatic heterocycles. The third-order valence-corrected chi connectivity index (χ3v) is 5.20. The van der Waals surface area contributed by atoms with E-state index in [1.165, 1.54) is 16.7 Å². The fourth-order valence-corrected chi connectivity index (χ4v) is 3.78. The number of nitrogens with zero attached hydrogens (tertiary/aromatic N) is 2. The van der Waals surface area contributed by atoms with E-state index in [0.29, 0.717) is 0 Å². The molecule has 0 bridgehead atoms. The maximum atomic E-state index is 13.5. The van der Waals surface area contributed by atoms with Gasteiger partial charge < -0.3 is 5.73 Å². The molecule has 0 saturated carbocycles. The van der Waals surface area contributed by atoms with E-state index in [1.807, 2.05) is 44.2 Å². The molecule has 0 amide bonds. The molecule has 0 aliphatic carbocycles. The number of rotatable bonds is 8. The van der Waals surface area contributed by atoms with Gasteiger partial charge in [0, 0.05) is 6.54 Å². The zero-order chi connectivity index (χ0) is 23.4. The molecule has 1 heterocycles. The molecule has 3 N–H and O–H groups in total. The highest BCUT2D eigenvalue weighted by atomic mass is 19.1. The summed E-state index contributed by atoms with van der Waals surface area (Å²) in [6.45, 7) is 3.95. The number of aromatic nitrogens is 2. The summed E-state index contributed by atoms with van der Waals surface area (Å²) >= 11 is 0. The van der Waals surface area contributed by atoms with Crippen molar-refractivity contribution in [2.75, 3.05) is 19.3 Å². The molecular formula is C24H27FN4O3. The highest BCUT2D eigenvalue weighted by molar-refractivity contribution is 6.01. The number of carbonyl (C=O) groups excluding carboxylic acids is 1. The van der Waals surface area contributed by atoms with Gasteiger partial charge in [0.05, 0.1) is 12.6 Å². The Kier molecular flexibility index (Phi) is 7.05. The molecule has 0 saturated heterocycles. The number of hydrogen-bond acceptors (Lipinski definition) is 5. The summed E-state index contributed by atoms with van der Waals surface area (Å²) in [7, 11) is 1.74. The van der Waals surface area contributed by atoms with Crippen molar-refractivity contribution < 1.29 is 9.18 Å². The molecule has 0 aliphatic rings. The molecule has 168 valence electrons. The number of halogens is 1. The predicted octanol–water partition coefficient (Wildman–Crippen LogP) is 2.82. The van der Waals surface area contributed by atoms with E-state index in [9.17, 15) is 18.8 Å². The number of nitrogen functional groups attached to an aromatic ring is 1. The second kappa shape index (κ2) is 9.74. The van der Waals surface area contributed by atoms with Crippen molar-refractivity contribution in [2.24, 2.45) is 5.92 Å². The zero-order valence-electron chi connectivity index (χ0n) is 18.3. The number of Topliss-reactive ketones (excluding diaryl/α,β-unsaturated/α-hetero) is 1. The molecule has 3 rings (SSSR count). The van der Waals surface area contributed by atoms with Crippen LogP contribution in [0.2, 0.25) is 0 Å². The number of likely N-dealkylation sites (N-methyl/N-ethyl adjacent to an activating group) is 1. The Morgan fingerprint density at radius 1 is 1.06 bits per heavy atom. The standard InChI is InChI=1S/C24H27FN4O3/c1-15(2)13-29-22(26)20(23(31)27-24(29)32)19(30)14-28(3)21(16-7-5-4-6-8-16)17-9-11-18(25)12-10-17/h4-12,15,21H,13-14,26H2,1-3H3,(H,27,31,32). The van der Waals surface area contributed by atoms with E-state index in [2.05, 4.69) is 4.98 Å². The third-order valence-electron chi connectivity index (χ3n) is 5.20. The van der Waals surface area contributed by atoms with Crippen LogP contribution in [0.15, 0.2) is 64.2 Å². The van der Waals surface area contributed by atoms with Gasteiger partial charge in [-0.2, -0.15) is 0 Å². The second-order valence-corrected chi connectivity index (χ2v) is 8.23. The monoisotopic (exact) mass is 438 g/mol. The van der Waals surface area contributed by atoms with Crippen LogP contribution < -0.4 is 17.0 Å². The van der Waals surface area contributed by atoms with Gasteiger partial charge >= 0.3 is 5.69 Å². The van der Waals surface area contributed by atoms with Crippen molar-refractivity contribution in [1.29, 1.82) is 0 Å². The lowest BCUT2D eigenvalue weighted by atomic mass is 9.97. The minimum absolute atomic E-state index is 0.0902. The number of hydrogen-bond donors (Lipinski definition) is 2. The largest absolute Gasteiger partial charge is 0.384 e. The summed E-state index contributed by atoms with van der Waals surface area (Å²) in [5, 5.41) is 0. The van der Waals surface area contributed by atoms with Gasteiger partial charge in [-0.3, -0.25) is 24.0 Å². The summed E-state index contributed by atoms with van der Waals surface area (Å²) in [6.07, 6.45) is 0. The van der Waals surface area contributed by atoms with Crippen LogP contribution >= 0.6 is 0 Å². The number of aromatic amines is 1. The van der Waals surface area contributed by atoms with Crippen molar-refractivity contribution in [3.63, 3.8) is 0 Å². The summed E-state index contributed by atoms with van der Waals surface area (Å²) < 4.78 is 14.7. The summed E-state index contributed by atoms with van der Waals surface area (Å²) in [5.74, 6) is -0.908. The zero-order valence-corrected chi connectivity index (χ0v) is 18.3. The molecule has 0 fully saturated rings. The first-order valence-corrected chi connectivity index (χ1v) is 10.4. The van der Waals surface area contributed by atoms with Crippen LogP contribution in [-0.2, 0) is 6.54 Å². The maximum Gasteiger partial charge on any atom is 0.329 e. The lowest BCUT2D eigenvalue weighted by molar-refractivity contribution is 0.0929. The van der Waals surface area contributed by atoms with E-state index < -0.39 is 17.0 Å². The topological polar surface area (TPSA) is 101 Å². The van der Waals surface area contributed by atoms with E-state index in [4.69, 9.17) is 5.73 Å². The summed E-state index contributed by atoms with van der Waals surface area (Å²) in [6, 6.07) is 15.2. The average molecular weight is 439 g/mol. The van der Waals surface area contributed by atoms with Crippen LogP contribution in [0.25, 0.3) is 0 Å². The normalized spacial score (nSPS) is 12.3.